The molecule has 0 radical (unpaired) electrons. The Hall–Kier alpha value is -3.20. The summed E-state index contributed by atoms with van der Waals surface area (Å²) in [6.45, 7) is 6.68. The van der Waals surface area contributed by atoms with Crippen molar-refractivity contribution in [1.82, 2.24) is 9.61 Å². The molecule has 3 N–H and O–H groups in total. The molecule has 0 aliphatic rings. The van der Waals surface area contributed by atoms with Gasteiger partial charge >= 0.3 is 0 Å². The number of anilines is 3. The molecule has 2 aromatic heterocycles. The highest BCUT2D eigenvalue weighted by molar-refractivity contribution is 5.81. The molecule has 0 unspecified atom stereocenters. The van der Waals surface area contributed by atoms with Crippen molar-refractivity contribution in [2.45, 2.75) is 26.7 Å². The van der Waals surface area contributed by atoms with Gasteiger partial charge in [-0.05, 0) is 43.2 Å². The Morgan fingerprint density at radius 3 is 2.60 bits per heavy atom. The average molecular weight is 335 g/mol. The van der Waals surface area contributed by atoms with Crippen LogP contribution in [0, 0.1) is 11.3 Å². The molecule has 25 heavy (non-hydrogen) atoms. The zero-order valence-corrected chi connectivity index (χ0v) is 14.6. The molecule has 0 saturated carbocycles. The predicted octanol–water partition coefficient (Wildman–Crippen LogP) is 4.05. The summed E-state index contributed by atoms with van der Waals surface area (Å²) in [6, 6.07) is 11.7. The topological polar surface area (TPSA) is 88.4 Å². The molecule has 0 aliphatic carbocycles. The molecule has 3 rings (SSSR count). The molecule has 0 bridgehead atoms. The number of nitrogens with zero attached hydrogens (tertiary/aromatic N) is 3. The molecule has 0 spiro atoms. The standard InChI is InChI=1S/C19H21N5O/c1-4-25-14-7-5-13(6-8-14)23-19-17(12(2)3)18(21)15(11-20)16-9-10-22-24(16)19/h5-10,12,23H,4,21H2,1-3H3. The van der Waals surface area contributed by atoms with E-state index in [9.17, 15) is 5.26 Å². The third-order valence-electron chi connectivity index (χ3n) is 4.04. The zero-order valence-electron chi connectivity index (χ0n) is 14.6. The molecule has 0 saturated heterocycles. The van der Waals surface area contributed by atoms with E-state index in [1.54, 1.807) is 16.8 Å². The Morgan fingerprint density at radius 1 is 1.28 bits per heavy atom. The Labute approximate surface area is 146 Å². The lowest BCUT2D eigenvalue weighted by Gasteiger charge is -2.20. The van der Waals surface area contributed by atoms with E-state index in [0.29, 0.717) is 23.4 Å². The van der Waals surface area contributed by atoms with E-state index < -0.39 is 0 Å². The lowest BCUT2D eigenvalue weighted by atomic mass is 9.98. The van der Waals surface area contributed by atoms with Crippen molar-refractivity contribution in [3.63, 3.8) is 0 Å². The molecule has 1 aromatic carbocycles. The summed E-state index contributed by atoms with van der Waals surface area (Å²) in [5.41, 5.74) is 9.73. The van der Waals surface area contributed by atoms with Crippen LogP contribution < -0.4 is 15.8 Å². The minimum Gasteiger partial charge on any atom is -0.494 e. The van der Waals surface area contributed by atoms with Crippen LogP contribution in [-0.4, -0.2) is 16.2 Å². The number of nitriles is 1. The fourth-order valence-corrected chi connectivity index (χ4v) is 2.95. The lowest BCUT2D eigenvalue weighted by Crippen LogP contribution is -2.11. The summed E-state index contributed by atoms with van der Waals surface area (Å²) in [4.78, 5) is 0. The highest BCUT2D eigenvalue weighted by Crippen LogP contribution is 2.36. The van der Waals surface area contributed by atoms with Crippen molar-refractivity contribution in [3.05, 3.63) is 47.7 Å². The van der Waals surface area contributed by atoms with Crippen LogP contribution in [0.1, 0.15) is 37.8 Å². The number of nitrogens with two attached hydrogens (primary N) is 1. The fourth-order valence-electron chi connectivity index (χ4n) is 2.95. The SMILES string of the molecule is CCOc1ccc(Nc2c(C(C)C)c(N)c(C#N)c3ccnn23)cc1. The number of ether oxygens (including phenoxy) is 1. The van der Waals surface area contributed by atoms with Crippen molar-refractivity contribution in [3.8, 4) is 11.8 Å². The largest absolute Gasteiger partial charge is 0.494 e. The molecule has 0 fully saturated rings. The summed E-state index contributed by atoms with van der Waals surface area (Å²) in [5.74, 6) is 1.72. The van der Waals surface area contributed by atoms with Crippen molar-refractivity contribution in [2.75, 3.05) is 17.7 Å². The van der Waals surface area contributed by atoms with Gasteiger partial charge in [0.15, 0.2) is 0 Å². The first kappa shape index (κ1) is 16.7. The van der Waals surface area contributed by atoms with Gasteiger partial charge in [-0.15, -0.1) is 0 Å². The Morgan fingerprint density at radius 2 is 2.00 bits per heavy atom. The van der Waals surface area contributed by atoms with E-state index >= 15 is 0 Å². The van der Waals surface area contributed by atoms with E-state index in [4.69, 9.17) is 10.5 Å². The highest BCUT2D eigenvalue weighted by atomic mass is 16.5. The molecule has 3 aromatic rings. The second-order valence-corrected chi connectivity index (χ2v) is 6.03. The van der Waals surface area contributed by atoms with Crippen LogP contribution in [-0.2, 0) is 0 Å². The van der Waals surface area contributed by atoms with Crippen molar-refractivity contribution in [2.24, 2.45) is 0 Å². The Balaban J connectivity index is 2.13. The maximum Gasteiger partial charge on any atom is 0.138 e. The van der Waals surface area contributed by atoms with Gasteiger partial charge in [0.25, 0.3) is 0 Å². The van der Waals surface area contributed by atoms with Gasteiger partial charge in [-0.3, -0.25) is 0 Å². The summed E-state index contributed by atoms with van der Waals surface area (Å²) in [7, 11) is 0. The summed E-state index contributed by atoms with van der Waals surface area (Å²) in [6.07, 6.45) is 1.67. The number of fused-ring (bicyclic) bond motifs is 1. The van der Waals surface area contributed by atoms with Crippen LogP contribution >= 0.6 is 0 Å². The fraction of sp³-hybridized carbons (Fsp3) is 0.263. The molecule has 2 heterocycles. The van der Waals surface area contributed by atoms with Gasteiger partial charge in [-0.1, -0.05) is 13.8 Å². The smallest absolute Gasteiger partial charge is 0.138 e. The second kappa shape index (κ2) is 6.73. The molecule has 128 valence electrons. The van der Waals surface area contributed by atoms with E-state index in [-0.39, 0.29) is 5.92 Å². The number of nitrogens with one attached hydrogen (secondary N) is 1. The van der Waals surface area contributed by atoms with Gasteiger partial charge in [0.2, 0.25) is 0 Å². The number of aromatic nitrogens is 2. The predicted molar refractivity (Wildman–Crippen MR) is 99.3 cm³/mol. The van der Waals surface area contributed by atoms with Gasteiger partial charge < -0.3 is 15.8 Å². The van der Waals surface area contributed by atoms with Crippen LogP contribution in [0.4, 0.5) is 17.2 Å². The maximum absolute atomic E-state index is 9.50. The summed E-state index contributed by atoms with van der Waals surface area (Å²) >= 11 is 0. The van der Waals surface area contributed by atoms with Crippen molar-refractivity contribution >= 4 is 22.7 Å². The molecule has 0 amide bonds. The molecular weight excluding hydrogens is 314 g/mol. The third-order valence-corrected chi connectivity index (χ3v) is 4.04. The zero-order chi connectivity index (χ0) is 18.0. The number of rotatable bonds is 5. The molecule has 0 aliphatic heterocycles. The number of hydrogen-bond acceptors (Lipinski definition) is 5. The van der Waals surface area contributed by atoms with Gasteiger partial charge in [-0.25, -0.2) is 4.52 Å². The van der Waals surface area contributed by atoms with Gasteiger partial charge in [0.1, 0.15) is 23.2 Å². The third kappa shape index (κ3) is 2.96. The van der Waals surface area contributed by atoms with Crippen molar-refractivity contribution in [1.29, 1.82) is 5.26 Å². The number of hydrogen-bond donors (Lipinski definition) is 2. The first-order valence-electron chi connectivity index (χ1n) is 8.25. The molecular formula is C19H21N5O. The van der Waals surface area contributed by atoms with Crippen molar-refractivity contribution < 1.29 is 4.74 Å². The monoisotopic (exact) mass is 335 g/mol. The number of pyridine rings is 1. The van der Waals surface area contributed by atoms with Gasteiger partial charge in [0.05, 0.1) is 24.0 Å². The van der Waals surface area contributed by atoms with Crippen LogP contribution in [0.15, 0.2) is 36.5 Å². The maximum atomic E-state index is 9.50. The van der Waals surface area contributed by atoms with Crippen LogP contribution in [0.2, 0.25) is 0 Å². The van der Waals surface area contributed by atoms with E-state index in [0.717, 1.165) is 22.8 Å². The molecule has 6 heteroatoms. The van der Waals surface area contributed by atoms with Crippen LogP contribution in [0.25, 0.3) is 5.52 Å². The molecule has 0 atom stereocenters. The number of nitrogen functional groups attached to an aromatic ring is 1. The summed E-state index contributed by atoms with van der Waals surface area (Å²) in [5, 5.41) is 17.3. The first-order valence-corrected chi connectivity index (χ1v) is 8.25. The first-order chi connectivity index (χ1) is 12.1. The minimum absolute atomic E-state index is 0.130. The Kier molecular flexibility index (Phi) is 4.48. The van der Waals surface area contributed by atoms with E-state index in [1.165, 1.54) is 0 Å². The summed E-state index contributed by atoms with van der Waals surface area (Å²) < 4.78 is 7.22. The number of benzene rings is 1. The molecule has 6 nitrogen and oxygen atoms in total. The average Bonchev–Trinajstić information content (AvgIpc) is 3.06. The van der Waals surface area contributed by atoms with E-state index in [1.807, 2.05) is 45.0 Å². The van der Waals surface area contributed by atoms with Gasteiger partial charge in [0, 0.05) is 11.3 Å². The van der Waals surface area contributed by atoms with Gasteiger partial charge in [-0.2, -0.15) is 10.4 Å². The Bertz CT molecular complexity index is 935. The van der Waals surface area contributed by atoms with Crippen LogP contribution in [0.5, 0.6) is 5.75 Å². The lowest BCUT2D eigenvalue weighted by molar-refractivity contribution is 0.340. The minimum atomic E-state index is 0.130. The quantitative estimate of drug-likeness (QED) is 0.734. The van der Waals surface area contributed by atoms with Crippen LogP contribution in [0.3, 0.4) is 0 Å². The highest BCUT2D eigenvalue weighted by Gasteiger charge is 2.20. The van der Waals surface area contributed by atoms with E-state index in [2.05, 4.69) is 16.5 Å². The normalized spacial score (nSPS) is 10.8. The second-order valence-electron chi connectivity index (χ2n) is 6.03.